The number of methoxy groups -OCH3 is 1. The molecule has 23 heavy (non-hydrogen) atoms. The maximum Gasteiger partial charge on any atom is 0.154 e. The third-order valence-corrected chi connectivity index (χ3v) is 4.90. The van der Waals surface area contributed by atoms with Crippen molar-refractivity contribution in [3.05, 3.63) is 28.8 Å². The van der Waals surface area contributed by atoms with Crippen LogP contribution >= 0.6 is 11.6 Å². The Balaban J connectivity index is 2.03. The van der Waals surface area contributed by atoms with Crippen molar-refractivity contribution in [2.45, 2.75) is 31.3 Å². The van der Waals surface area contributed by atoms with Crippen molar-refractivity contribution in [1.82, 2.24) is 5.32 Å². The first-order valence-corrected chi connectivity index (χ1v) is 8.13. The Labute approximate surface area is 140 Å². The van der Waals surface area contributed by atoms with Crippen LogP contribution in [0.4, 0.5) is 5.69 Å². The summed E-state index contributed by atoms with van der Waals surface area (Å²) in [5, 5.41) is 15.3. The lowest BCUT2D eigenvalue weighted by molar-refractivity contribution is -0.110. The van der Waals surface area contributed by atoms with Gasteiger partial charge < -0.3 is 20.3 Å². The third kappa shape index (κ3) is 2.75. The van der Waals surface area contributed by atoms with E-state index >= 15 is 0 Å². The zero-order chi connectivity index (χ0) is 16.6. The smallest absolute Gasteiger partial charge is 0.154 e. The Morgan fingerprint density at radius 1 is 1.52 bits per heavy atom. The fourth-order valence-electron chi connectivity index (χ4n) is 3.52. The van der Waals surface area contributed by atoms with Crippen LogP contribution in [0.15, 0.2) is 23.2 Å². The number of ether oxygens (including phenoxy) is 2. The molecule has 7 heteroatoms. The Kier molecular flexibility index (Phi) is 4.62. The highest BCUT2D eigenvalue weighted by molar-refractivity contribution is 6.30. The van der Waals surface area contributed by atoms with E-state index in [1.807, 2.05) is 6.92 Å². The number of hydrogen-bond donors (Lipinski definition) is 3. The molecule has 0 bridgehead atoms. The molecule has 2 heterocycles. The minimum atomic E-state index is -1.40. The lowest BCUT2D eigenvalue weighted by atomic mass is 9.74. The van der Waals surface area contributed by atoms with Crippen LogP contribution in [0.1, 0.15) is 18.9 Å². The van der Waals surface area contributed by atoms with Gasteiger partial charge in [0, 0.05) is 36.8 Å². The number of nitrogens with zero attached hydrogens (tertiary/aromatic N) is 1. The number of nitrogens with one attached hydrogen (secondary N) is 1. The molecule has 0 aromatic heterocycles. The van der Waals surface area contributed by atoms with Crippen LogP contribution in [0, 0.1) is 5.92 Å². The van der Waals surface area contributed by atoms with Crippen LogP contribution < -0.4 is 11.1 Å². The largest absolute Gasteiger partial charge is 0.384 e. The summed E-state index contributed by atoms with van der Waals surface area (Å²) in [6.07, 6.45) is 0.187. The molecule has 0 spiro atoms. The molecule has 2 aliphatic rings. The van der Waals surface area contributed by atoms with E-state index in [1.165, 1.54) is 0 Å². The molecule has 4 atom stereocenters. The van der Waals surface area contributed by atoms with Gasteiger partial charge in [0.15, 0.2) is 5.60 Å². The van der Waals surface area contributed by atoms with Crippen LogP contribution in [0.3, 0.4) is 0 Å². The number of rotatable bonds is 4. The maximum absolute atomic E-state index is 11.5. The van der Waals surface area contributed by atoms with Gasteiger partial charge in [-0.1, -0.05) is 11.6 Å². The minimum absolute atomic E-state index is 0.170. The molecule has 4 N–H and O–H groups in total. The lowest BCUT2D eigenvalue weighted by Gasteiger charge is -2.43. The van der Waals surface area contributed by atoms with Crippen molar-refractivity contribution in [3.8, 4) is 0 Å². The monoisotopic (exact) mass is 339 g/mol. The summed E-state index contributed by atoms with van der Waals surface area (Å²) < 4.78 is 11.3. The van der Waals surface area contributed by atoms with Crippen LogP contribution in [0.25, 0.3) is 0 Å². The average Bonchev–Trinajstić information content (AvgIpc) is 2.80. The predicted molar refractivity (Wildman–Crippen MR) is 89.0 cm³/mol. The fourth-order valence-corrected chi connectivity index (χ4v) is 3.69. The van der Waals surface area contributed by atoms with E-state index in [0.717, 1.165) is 0 Å². The SMILES string of the molecule is CCOC1CNC(OC)CC1C1(O)C(N)=Nc2ccc(Cl)cc21. The number of nitrogens with two attached hydrogens (primary N) is 1. The number of piperidine rings is 1. The maximum atomic E-state index is 11.5. The number of fused-ring (bicyclic) bond motifs is 1. The number of amidine groups is 1. The van der Waals surface area contributed by atoms with Gasteiger partial charge in [-0.05, 0) is 31.5 Å². The Hall–Kier alpha value is -1.18. The topological polar surface area (TPSA) is 89.1 Å². The number of benzene rings is 1. The van der Waals surface area contributed by atoms with Gasteiger partial charge in [0.1, 0.15) is 12.1 Å². The van der Waals surface area contributed by atoms with Crippen molar-refractivity contribution >= 4 is 23.1 Å². The number of halogens is 1. The summed E-state index contributed by atoms with van der Waals surface area (Å²) in [6.45, 7) is 3.05. The number of aliphatic imine (C=N–C) groups is 1. The molecule has 1 aromatic carbocycles. The first-order chi connectivity index (χ1) is 11.0. The van der Waals surface area contributed by atoms with Gasteiger partial charge in [-0.3, -0.25) is 5.32 Å². The second-order valence-electron chi connectivity index (χ2n) is 5.89. The molecule has 0 saturated carbocycles. The van der Waals surface area contributed by atoms with Crippen LogP contribution in [-0.4, -0.2) is 43.5 Å². The highest BCUT2D eigenvalue weighted by Gasteiger charge is 2.52. The van der Waals surface area contributed by atoms with Gasteiger partial charge in [-0.25, -0.2) is 4.99 Å². The van der Waals surface area contributed by atoms with Crippen molar-refractivity contribution in [2.75, 3.05) is 20.3 Å². The van der Waals surface area contributed by atoms with E-state index in [0.29, 0.717) is 35.8 Å². The molecule has 1 fully saturated rings. The zero-order valence-corrected chi connectivity index (χ0v) is 14.0. The van der Waals surface area contributed by atoms with Crippen LogP contribution in [0.2, 0.25) is 5.02 Å². The van der Waals surface area contributed by atoms with Crippen molar-refractivity contribution in [2.24, 2.45) is 16.6 Å². The van der Waals surface area contributed by atoms with Gasteiger partial charge >= 0.3 is 0 Å². The van der Waals surface area contributed by atoms with Crippen molar-refractivity contribution in [3.63, 3.8) is 0 Å². The van der Waals surface area contributed by atoms with Crippen molar-refractivity contribution < 1.29 is 14.6 Å². The van der Waals surface area contributed by atoms with E-state index in [1.54, 1.807) is 25.3 Å². The summed E-state index contributed by atoms with van der Waals surface area (Å²) in [5.41, 5.74) is 6.01. The molecular weight excluding hydrogens is 318 g/mol. The van der Waals surface area contributed by atoms with E-state index in [9.17, 15) is 5.11 Å². The Bertz CT molecular complexity index is 625. The van der Waals surface area contributed by atoms with Gasteiger partial charge in [0.25, 0.3) is 0 Å². The molecule has 0 amide bonds. The molecular formula is C16H22ClN3O3. The zero-order valence-electron chi connectivity index (χ0n) is 13.3. The van der Waals surface area contributed by atoms with E-state index in [2.05, 4.69) is 10.3 Å². The summed E-state index contributed by atoms with van der Waals surface area (Å²) >= 11 is 6.12. The van der Waals surface area contributed by atoms with E-state index in [-0.39, 0.29) is 24.1 Å². The Morgan fingerprint density at radius 2 is 2.30 bits per heavy atom. The normalized spacial score (nSPS) is 33.4. The molecule has 126 valence electrons. The molecule has 0 aliphatic carbocycles. The van der Waals surface area contributed by atoms with Gasteiger partial charge in [-0.2, -0.15) is 0 Å². The van der Waals surface area contributed by atoms with Crippen molar-refractivity contribution in [1.29, 1.82) is 0 Å². The highest BCUT2D eigenvalue weighted by Crippen LogP contribution is 2.46. The molecule has 1 saturated heterocycles. The molecule has 3 rings (SSSR count). The van der Waals surface area contributed by atoms with Crippen LogP contribution in [-0.2, 0) is 15.1 Å². The summed E-state index contributed by atoms with van der Waals surface area (Å²) in [6, 6.07) is 5.24. The van der Waals surface area contributed by atoms with Gasteiger partial charge in [0.05, 0.1) is 11.8 Å². The first kappa shape index (κ1) is 16.7. The number of hydrogen-bond acceptors (Lipinski definition) is 6. The fraction of sp³-hybridized carbons (Fsp3) is 0.562. The number of aliphatic hydroxyl groups is 1. The summed E-state index contributed by atoms with van der Waals surface area (Å²) in [4.78, 5) is 4.34. The quantitative estimate of drug-likeness (QED) is 0.774. The molecule has 6 nitrogen and oxygen atoms in total. The summed E-state index contributed by atoms with van der Waals surface area (Å²) in [7, 11) is 1.64. The lowest BCUT2D eigenvalue weighted by Crippen LogP contribution is -2.58. The average molecular weight is 340 g/mol. The standard InChI is InChI=1S/C16H22ClN3O3/c1-3-23-13-8-19-14(22-2)7-11(13)16(21)10-6-9(17)4-5-12(10)20-15(16)18/h4-6,11,13-14,19,21H,3,7-8H2,1-2H3,(H2,18,20). The van der Waals surface area contributed by atoms with E-state index < -0.39 is 5.60 Å². The van der Waals surface area contributed by atoms with E-state index in [4.69, 9.17) is 26.8 Å². The molecule has 0 radical (unpaired) electrons. The van der Waals surface area contributed by atoms with Gasteiger partial charge in [0.2, 0.25) is 0 Å². The Morgan fingerprint density at radius 3 is 3.00 bits per heavy atom. The molecule has 1 aromatic rings. The second-order valence-corrected chi connectivity index (χ2v) is 6.33. The minimum Gasteiger partial charge on any atom is -0.384 e. The molecule has 4 unspecified atom stereocenters. The van der Waals surface area contributed by atoms with Crippen LogP contribution in [0.5, 0.6) is 0 Å². The third-order valence-electron chi connectivity index (χ3n) is 4.67. The van der Waals surface area contributed by atoms with Gasteiger partial charge in [-0.15, -0.1) is 0 Å². The first-order valence-electron chi connectivity index (χ1n) is 7.75. The second kappa shape index (κ2) is 6.37. The predicted octanol–water partition coefficient (Wildman–Crippen LogP) is 1.52. The molecule has 2 aliphatic heterocycles. The highest BCUT2D eigenvalue weighted by atomic mass is 35.5. The summed E-state index contributed by atoms with van der Waals surface area (Å²) in [5.74, 6) is -0.0988.